The zero-order chi connectivity index (χ0) is 19.0. The molecule has 2 aliphatic rings. The largest absolute Gasteiger partial charge is 0.489 e. The van der Waals surface area contributed by atoms with Gasteiger partial charge in [0, 0.05) is 22.0 Å². The van der Waals surface area contributed by atoms with Crippen molar-refractivity contribution in [1.29, 1.82) is 0 Å². The molecule has 2 aromatic rings. The predicted octanol–water partition coefficient (Wildman–Crippen LogP) is 2.79. The summed E-state index contributed by atoms with van der Waals surface area (Å²) in [7, 11) is 0. The summed E-state index contributed by atoms with van der Waals surface area (Å²) in [5, 5.41) is 2.31. The first-order chi connectivity index (χ1) is 13.0. The van der Waals surface area contributed by atoms with Crippen molar-refractivity contribution in [2.75, 3.05) is 0 Å². The van der Waals surface area contributed by atoms with Gasteiger partial charge in [-0.05, 0) is 36.2 Å². The van der Waals surface area contributed by atoms with Crippen LogP contribution in [0.5, 0.6) is 5.75 Å². The van der Waals surface area contributed by atoms with Crippen LogP contribution in [0, 0.1) is 0 Å². The molecule has 1 unspecified atom stereocenters. The van der Waals surface area contributed by atoms with Crippen LogP contribution in [0.4, 0.5) is 0 Å². The number of halogens is 1. The fourth-order valence-electron chi connectivity index (χ4n) is 3.48. The van der Waals surface area contributed by atoms with Gasteiger partial charge in [-0.3, -0.25) is 19.7 Å². The second-order valence-electron chi connectivity index (χ2n) is 6.60. The normalized spacial score (nSPS) is 19.1. The van der Waals surface area contributed by atoms with Crippen LogP contribution in [0.2, 0.25) is 0 Å². The molecule has 3 amide bonds. The van der Waals surface area contributed by atoms with Crippen LogP contribution in [0.15, 0.2) is 46.9 Å². The highest BCUT2D eigenvalue weighted by Crippen LogP contribution is 2.34. The lowest BCUT2D eigenvalue weighted by atomic mass is 10.0. The van der Waals surface area contributed by atoms with Gasteiger partial charge in [-0.15, -0.1) is 0 Å². The Kier molecular flexibility index (Phi) is 4.70. The lowest BCUT2D eigenvalue weighted by molar-refractivity contribution is -0.136. The zero-order valence-corrected chi connectivity index (χ0v) is 16.0. The summed E-state index contributed by atoms with van der Waals surface area (Å²) in [4.78, 5) is 37.8. The molecule has 1 saturated heterocycles. The third kappa shape index (κ3) is 3.47. The number of amides is 3. The van der Waals surface area contributed by atoms with E-state index in [1.54, 1.807) is 12.1 Å². The molecule has 2 aromatic carbocycles. The van der Waals surface area contributed by atoms with Gasteiger partial charge in [-0.2, -0.15) is 0 Å². The number of fused-ring (bicyclic) bond motifs is 1. The van der Waals surface area contributed by atoms with Gasteiger partial charge in [0.25, 0.3) is 5.91 Å². The average molecular weight is 429 g/mol. The fourth-order valence-corrected chi connectivity index (χ4v) is 3.93. The average Bonchev–Trinajstić information content (AvgIpc) is 2.97. The number of carbonyl (C=O) groups is 3. The monoisotopic (exact) mass is 428 g/mol. The molecule has 27 heavy (non-hydrogen) atoms. The molecule has 0 aliphatic carbocycles. The van der Waals surface area contributed by atoms with Crippen LogP contribution in [0.1, 0.15) is 34.3 Å². The van der Waals surface area contributed by atoms with Gasteiger partial charge < -0.3 is 9.64 Å². The van der Waals surface area contributed by atoms with Gasteiger partial charge in [0.1, 0.15) is 18.4 Å². The van der Waals surface area contributed by atoms with E-state index >= 15 is 0 Å². The molecule has 0 aromatic heterocycles. The highest BCUT2D eigenvalue weighted by atomic mass is 79.9. The molecule has 0 saturated carbocycles. The molecule has 0 radical (unpaired) electrons. The van der Waals surface area contributed by atoms with Crippen LogP contribution in [-0.4, -0.2) is 28.7 Å². The van der Waals surface area contributed by atoms with Crippen molar-refractivity contribution in [3.63, 3.8) is 0 Å². The first-order valence-corrected chi connectivity index (χ1v) is 9.46. The Hall–Kier alpha value is -2.67. The van der Waals surface area contributed by atoms with Gasteiger partial charge in [-0.1, -0.05) is 34.1 Å². The van der Waals surface area contributed by atoms with Crippen LogP contribution < -0.4 is 10.1 Å². The SMILES string of the molecule is O=C1CCC(N2Cc3c(OCc4cccc(Br)c4)cccc3C2=O)C(=O)N1. The summed E-state index contributed by atoms with van der Waals surface area (Å²) in [6.45, 7) is 0.678. The number of nitrogens with one attached hydrogen (secondary N) is 1. The maximum absolute atomic E-state index is 12.8. The lowest BCUT2D eigenvalue weighted by Crippen LogP contribution is -2.52. The third-order valence-corrected chi connectivity index (χ3v) is 5.32. The van der Waals surface area contributed by atoms with E-state index in [1.807, 2.05) is 30.3 Å². The topological polar surface area (TPSA) is 75.7 Å². The Bertz CT molecular complexity index is 943. The fraction of sp³-hybridized carbons (Fsp3) is 0.250. The summed E-state index contributed by atoms with van der Waals surface area (Å²) < 4.78 is 6.94. The van der Waals surface area contributed by atoms with E-state index in [4.69, 9.17) is 4.74 Å². The number of hydrogen-bond acceptors (Lipinski definition) is 4. The summed E-state index contributed by atoms with van der Waals surface area (Å²) in [6, 6.07) is 12.6. The number of rotatable bonds is 4. The number of hydrogen-bond donors (Lipinski definition) is 1. The van der Waals surface area contributed by atoms with Crippen molar-refractivity contribution in [2.45, 2.75) is 32.0 Å². The number of carbonyl (C=O) groups excluding carboxylic acids is 3. The minimum atomic E-state index is -0.625. The first-order valence-electron chi connectivity index (χ1n) is 8.67. The molecule has 0 bridgehead atoms. The minimum absolute atomic E-state index is 0.201. The molecule has 0 spiro atoms. The molecule has 1 N–H and O–H groups in total. The van der Waals surface area contributed by atoms with Crippen molar-refractivity contribution < 1.29 is 19.1 Å². The standard InChI is InChI=1S/C20H17BrN2O4/c21-13-4-1-3-12(9-13)11-27-17-6-2-5-14-15(17)10-23(20(14)26)16-7-8-18(24)22-19(16)25/h1-6,9,16H,7-8,10-11H2,(H,22,24,25). The molecule has 6 nitrogen and oxygen atoms in total. The Balaban J connectivity index is 1.54. The van der Waals surface area contributed by atoms with Gasteiger partial charge in [0.15, 0.2) is 0 Å². The maximum Gasteiger partial charge on any atom is 0.255 e. The van der Waals surface area contributed by atoms with Gasteiger partial charge >= 0.3 is 0 Å². The lowest BCUT2D eigenvalue weighted by Gasteiger charge is -2.29. The van der Waals surface area contributed by atoms with Crippen LogP contribution in [-0.2, 0) is 22.7 Å². The Morgan fingerprint density at radius 2 is 1.96 bits per heavy atom. The predicted molar refractivity (Wildman–Crippen MR) is 101 cm³/mol. The van der Waals surface area contributed by atoms with E-state index in [9.17, 15) is 14.4 Å². The van der Waals surface area contributed by atoms with Crippen molar-refractivity contribution in [3.05, 3.63) is 63.6 Å². The Morgan fingerprint density at radius 1 is 1.15 bits per heavy atom. The molecule has 2 heterocycles. The van der Waals surface area contributed by atoms with Crippen molar-refractivity contribution >= 4 is 33.7 Å². The smallest absolute Gasteiger partial charge is 0.255 e. The van der Waals surface area contributed by atoms with E-state index < -0.39 is 11.9 Å². The van der Waals surface area contributed by atoms with Gasteiger partial charge in [0.05, 0.1) is 6.54 Å². The van der Waals surface area contributed by atoms with Crippen LogP contribution in [0.25, 0.3) is 0 Å². The summed E-state index contributed by atoms with van der Waals surface area (Å²) in [5.41, 5.74) is 2.34. The Morgan fingerprint density at radius 3 is 2.74 bits per heavy atom. The second-order valence-corrected chi connectivity index (χ2v) is 7.52. The number of benzene rings is 2. The van der Waals surface area contributed by atoms with Crippen molar-refractivity contribution in [1.82, 2.24) is 10.2 Å². The van der Waals surface area contributed by atoms with E-state index in [1.165, 1.54) is 4.90 Å². The zero-order valence-electron chi connectivity index (χ0n) is 14.4. The quantitative estimate of drug-likeness (QED) is 0.759. The van der Waals surface area contributed by atoms with Gasteiger partial charge in [0.2, 0.25) is 11.8 Å². The molecule has 4 rings (SSSR count). The van der Waals surface area contributed by atoms with E-state index in [0.717, 1.165) is 15.6 Å². The van der Waals surface area contributed by atoms with Gasteiger partial charge in [-0.25, -0.2) is 0 Å². The second kappa shape index (κ2) is 7.15. The van der Waals surface area contributed by atoms with E-state index in [-0.39, 0.29) is 18.2 Å². The third-order valence-electron chi connectivity index (χ3n) is 4.82. The molecule has 1 fully saturated rings. The number of imide groups is 1. The summed E-state index contributed by atoms with van der Waals surface area (Å²) in [6.07, 6.45) is 0.585. The van der Waals surface area contributed by atoms with E-state index in [0.29, 0.717) is 30.9 Å². The molecule has 2 aliphatic heterocycles. The molecular formula is C20H17BrN2O4. The Labute approximate surface area is 164 Å². The van der Waals surface area contributed by atoms with Crippen LogP contribution in [0.3, 0.4) is 0 Å². The highest BCUT2D eigenvalue weighted by Gasteiger charge is 2.40. The number of piperidine rings is 1. The number of ether oxygens (including phenoxy) is 1. The molecule has 1 atom stereocenters. The number of nitrogens with zero attached hydrogens (tertiary/aromatic N) is 1. The molecular weight excluding hydrogens is 412 g/mol. The molecule has 138 valence electrons. The van der Waals surface area contributed by atoms with E-state index in [2.05, 4.69) is 21.2 Å². The molecule has 7 heteroatoms. The summed E-state index contributed by atoms with van der Waals surface area (Å²) >= 11 is 3.44. The van der Waals surface area contributed by atoms with Crippen molar-refractivity contribution in [2.24, 2.45) is 0 Å². The van der Waals surface area contributed by atoms with Crippen LogP contribution >= 0.6 is 15.9 Å². The maximum atomic E-state index is 12.8. The highest BCUT2D eigenvalue weighted by molar-refractivity contribution is 9.10. The first kappa shape index (κ1) is 17.7. The van der Waals surface area contributed by atoms with Crippen molar-refractivity contribution in [3.8, 4) is 5.75 Å². The summed E-state index contributed by atoms with van der Waals surface area (Å²) in [5.74, 6) is -0.273. The minimum Gasteiger partial charge on any atom is -0.489 e.